The molecule has 0 bridgehead atoms. The summed E-state index contributed by atoms with van der Waals surface area (Å²) in [5.41, 5.74) is 25.9. The first-order valence-electron chi connectivity index (χ1n) is 7.31. The van der Waals surface area contributed by atoms with Gasteiger partial charge in [0.2, 0.25) is 11.9 Å². The number of hydrogen-bond acceptors (Lipinski definition) is 4. The first kappa shape index (κ1) is 21.2. The van der Waals surface area contributed by atoms with Crippen molar-refractivity contribution >= 4 is 58.9 Å². The van der Waals surface area contributed by atoms with Crippen LogP contribution in [-0.4, -0.2) is 23.3 Å². The molecule has 1 aliphatic rings. The summed E-state index contributed by atoms with van der Waals surface area (Å²) in [5, 5.41) is 18.0. The van der Waals surface area contributed by atoms with Gasteiger partial charge >= 0.3 is 0 Å². The molecule has 0 heterocycles. The molecule has 0 aliphatic heterocycles. The molecule has 0 saturated heterocycles. The number of fused-ring (bicyclic) bond motifs is 3. The van der Waals surface area contributed by atoms with Crippen LogP contribution in [0.4, 0.5) is 0 Å². The molecule has 0 fully saturated rings. The van der Waals surface area contributed by atoms with Crippen LogP contribution in [0.25, 0.3) is 10.8 Å². The third-order valence-corrected chi connectivity index (χ3v) is 3.75. The van der Waals surface area contributed by atoms with Gasteiger partial charge in [-0.2, -0.15) is 0 Å². The van der Waals surface area contributed by atoms with E-state index in [0.717, 1.165) is 21.9 Å². The molecule has 0 saturated carbocycles. The van der Waals surface area contributed by atoms with Gasteiger partial charge in [-0.15, -0.1) is 45.2 Å². The van der Waals surface area contributed by atoms with Crippen LogP contribution in [0.1, 0.15) is 16.7 Å². The van der Waals surface area contributed by atoms with Crippen LogP contribution in [0.2, 0.25) is 0 Å². The lowest BCUT2D eigenvalue weighted by atomic mass is 9.96. The molecule has 0 amide bonds. The Labute approximate surface area is 162 Å². The van der Waals surface area contributed by atoms with Crippen molar-refractivity contribution < 1.29 is 0 Å². The lowest BCUT2D eigenvalue weighted by Gasteiger charge is -2.08. The second kappa shape index (κ2) is 8.50. The minimum absolute atomic E-state index is 0. The zero-order chi connectivity index (χ0) is 17.3. The second-order valence-electron chi connectivity index (χ2n) is 5.49. The molecule has 10 heteroatoms. The van der Waals surface area contributed by atoms with Crippen LogP contribution in [-0.2, 0) is 6.42 Å². The summed E-state index contributed by atoms with van der Waals surface area (Å²) in [6, 6.07) is 10.2. The molecule has 8 N–H and O–H groups in total. The SMILES string of the molecule is Cc1cc2c(c3ccccc13)C(=NN=C(N)N)C(=NN=C(N)N)C2.Cl.Cl. The highest BCUT2D eigenvalue weighted by Gasteiger charge is 2.28. The molecular weight excluding hydrogens is 375 g/mol. The van der Waals surface area contributed by atoms with Gasteiger partial charge in [-0.3, -0.25) is 0 Å². The minimum Gasteiger partial charge on any atom is -0.369 e. The van der Waals surface area contributed by atoms with E-state index in [1.165, 1.54) is 5.56 Å². The van der Waals surface area contributed by atoms with Gasteiger partial charge in [-0.05, 0) is 28.8 Å². The molecule has 0 unspecified atom stereocenters. The van der Waals surface area contributed by atoms with E-state index in [1.54, 1.807) is 0 Å². The van der Waals surface area contributed by atoms with Crippen LogP contribution in [0, 0.1) is 6.92 Å². The maximum atomic E-state index is 5.41. The van der Waals surface area contributed by atoms with E-state index >= 15 is 0 Å². The zero-order valence-electron chi connectivity index (χ0n) is 14.0. The van der Waals surface area contributed by atoms with E-state index in [9.17, 15) is 0 Å². The Hall–Kier alpha value is -2.84. The second-order valence-corrected chi connectivity index (χ2v) is 5.49. The van der Waals surface area contributed by atoms with E-state index < -0.39 is 0 Å². The molecule has 0 spiro atoms. The fourth-order valence-electron chi connectivity index (χ4n) is 2.87. The number of hydrogen-bond donors (Lipinski definition) is 4. The van der Waals surface area contributed by atoms with Gasteiger partial charge in [0.15, 0.2) is 0 Å². The highest BCUT2D eigenvalue weighted by molar-refractivity contribution is 6.53. The summed E-state index contributed by atoms with van der Waals surface area (Å²) in [4.78, 5) is 0. The number of nitrogens with two attached hydrogens (primary N) is 4. The fourth-order valence-corrected chi connectivity index (χ4v) is 2.87. The number of guanidine groups is 2. The van der Waals surface area contributed by atoms with Crippen LogP contribution in [0.3, 0.4) is 0 Å². The van der Waals surface area contributed by atoms with Crippen LogP contribution < -0.4 is 22.9 Å². The lowest BCUT2D eigenvalue weighted by Crippen LogP contribution is -2.23. The number of nitrogens with zero attached hydrogens (tertiary/aromatic N) is 4. The van der Waals surface area contributed by atoms with Gasteiger partial charge in [0.25, 0.3) is 0 Å². The average molecular weight is 395 g/mol. The smallest absolute Gasteiger partial charge is 0.211 e. The topological polar surface area (TPSA) is 154 Å². The zero-order valence-corrected chi connectivity index (χ0v) is 15.6. The maximum absolute atomic E-state index is 5.41. The monoisotopic (exact) mass is 394 g/mol. The molecule has 26 heavy (non-hydrogen) atoms. The van der Waals surface area contributed by atoms with Crippen LogP contribution in [0.15, 0.2) is 50.7 Å². The summed E-state index contributed by atoms with van der Waals surface area (Å²) in [6.45, 7) is 2.07. The highest BCUT2D eigenvalue weighted by atomic mass is 35.5. The van der Waals surface area contributed by atoms with Crippen molar-refractivity contribution in [3.8, 4) is 0 Å². The van der Waals surface area contributed by atoms with Crippen molar-refractivity contribution in [3.05, 3.63) is 47.0 Å². The molecule has 2 aromatic carbocycles. The highest BCUT2D eigenvalue weighted by Crippen LogP contribution is 2.32. The fraction of sp³-hybridized carbons (Fsp3) is 0.125. The first-order valence-corrected chi connectivity index (χ1v) is 7.31. The number of aryl methyl sites for hydroxylation is 1. The summed E-state index contributed by atoms with van der Waals surface area (Å²) in [6.07, 6.45) is 0.552. The summed E-state index contributed by atoms with van der Waals surface area (Å²) < 4.78 is 0. The molecule has 8 nitrogen and oxygen atoms in total. The predicted octanol–water partition coefficient (Wildman–Crippen LogP) is 1.15. The Kier molecular flexibility index (Phi) is 6.93. The normalized spacial score (nSPS) is 15.1. The largest absolute Gasteiger partial charge is 0.369 e. The van der Waals surface area contributed by atoms with Crippen molar-refractivity contribution in [1.29, 1.82) is 0 Å². The summed E-state index contributed by atoms with van der Waals surface area (Å²) >= 11 is 0. The number of rotatable bonds is 2. The Morgan fingerprint density at radius 3 is 2.08 bits per heavy atom. The molecular formula is C16H20Cl2N8. The molecule has 0 atom stereocenters. The van der Waals surface area contributed by atoms with E-state index in [4.69, 9.17) is 22.9 Å². The number of benzene rings is 2. The van der Waals surface area contributed by atoms with E-state index in [1.807, 2.05) is 18.2 Å². The standard InChI is InChI=1S/C16H18N8.2ClH/c1-8-6-9-7-12(21-23-15(17)18)14(22-24-16(19)20)13(9)11-5-3-2-4-10(8)11;;/h2-6H,7H2,1H3,(H4,17,18,23)(H4,19,20,24);2*1H. The third-order valence-electron chi connectivity index (χ3n) is 3.75. The van der Waals surface area contributed by atoms with E-state index in [-0.39, 0.29) is 36.7 Å². The summed E-state index contributed by atoms with van der Waals surface area (Å²) in [7, 11) is 0. The third kappa shape index (κ3) is 4.04. The minimum atomic E-state index is -0.131. The average Bonchev–Trinajstić information content (AvgIpc) is 2.88. The van der Waals surface area contributed by atoms with Gasteiger partial charge in [-0.25, -0.2) is 0 Å². The molecule has 1 aliphatic carbocycles. The van der Waals surface area contributed by atoms with Gasteiger partial charge in [0.05, 0.1) is 5.71 Å². The summed E-state index contributed by atoms with van der Waals surface area (Å²) in [5.74, 6) is -0.255. The Morgan fingerprint density at radius 1 is 0.885 bits per heavy atom. The van der Waals surface area contributed by atoms with Crippen molar-refractivity contribution in [2.75, 3.05) is 0 Å². The van der Waals surface area contributed by atoms with Gasteiger partial charge in [-0.1, -0.05) is 30.3 Å². The molecule has 2 aromatic rings. The quantitative estimate of drug-likeness (QED) is 0.342. The Morgan fingerprint density at radius 2 is 1.46 bits per heavy atom. The van der Waals surface area contributed by atoms with Crippen LogP contribution >= 0.6 is 24.8 Å². The van der Waals surface area contributed by atoms with Crippen molar-refractivity contribution in [2.24, 2.45) is 43.3 Å². The predicted molar refractivity (Wildman–Crippen MR) is 112 cm³/mol. The molecule has 0 aromatic heterocycles. The Bertz CT molecular complexity index is 939. The van der Waals surface area contributed by atoms with Crippen molar-refractivity contribution in [3.63, 3.8) is 0 Å². The van der Waals surface area contributed by atoms with Gasteiger partial charge in [0.1, 0.15) is 5.71 Å². The molecule has 3 rings (SSSR count). The molecule has 0 radical (unpaired) electrons. The van der Waals surface area contributed by atoms with Gasteiger partial charge in [0, 0.05) is 12.0 Å². The lowest BCUT2D eigenvalue weighted by molar-refractivity contribution is 1.18. The molecule has 138 valence electrons. The van der Waals surface area contributed by atoms with E-state index in [0.29, 0.717) is 17.8 Å². The van der Waals surface area contributed by atoms with Gasteiger partial charge < -0.3 is 22.9 Å². The van der Waals surface area contributed by atoms with E-state index in [2.05, 4.69) is 39.5 Å². The number of halogens is 2. The Balaban J connectivity index is 0.00000169. The van der Waals surface area contributed by atoms with Crippen molar-refractivity contribution in [1.82, 2.24) is 0 Å². The van der Waals surface area contributed by atoms with Crippen LogP contribution in [0.5, 0.6) is 0 Å². The maximum Gasteiger partial charge on any atom is 0.211 e. The van der Waals surface area contributed by atoms with Crippen molar-refractivity contribution in [2.45, 2.75) is 13.3 Å². The first-order chi connectivity index (χ1) is 11.5.